The number of benzene rings is 1. The molecule has 1 saturated carbocycles. The zero-order valence-corrected chi connectivity index (χ0v) is 12.7. The summed E-state index contributed by atoms with van der Waals surface area (Å²) >= 11 is 3.86. The molecule has 2 N–H and O–H groups in total. The van der Waals surface area contributed by atoms with Crippen LogP contribution in [0.4, 0.5) is 0 Å². The van der Waals surface area contributed by atoms with Gasteiger partial charge in [-0.3, -0.25) is 0 Å². The molecule has 4 heteroatoms. The first-order chi connectivity index (χ1) is 9.13. The lowest BCUT2D eigenvalue weighted by molar-refractivity contribution is 0.287. The van der Waals surface area contributed by atoms with E-state index in [0.29, 0.717) is 10.7 Å². The third-order valence-electron chi connectivity index (χ3n) is 4.33. The highest BCUT2D eigenvalue weighted by Crippen LogP contribution is 2.41. The highest BCUT2D eigenvalue weighted by atomic mass is 79.9. The number of fused-ring (bicyclic) bond motifs is 1. The van der Waals surface area contributed by atoms with Crippen LogP contribution in [-0.2, 0) is 0 Å². The second-order valence-corrected chi connectivity index (χ2v) is 6.79. The summed E-state index contributed by atoms with van der Waals surface area (Å²) in [6.07, 6.45) is 5.24. The Hall–Kier alpha value is -1.03. The third-order valence-corrected chi connectivity index (χ3v) is 5.61. The lowest BCUT2D eigenvalue weighted by Crippen LogP contribution is -2.16. The number of nitrogens with one attached hydrogen (secondary N) is 2. The predicted molar refractivity (Wildman–Crippen MR) is 81.7 cm³/mol. The number of hydrogen-bond donors (Lipinski definition) is 2. The summed E-state index contributed by atoms with van der Waals surface area (Å²) in [5, 5.41) is 0. The van der Waals surface area contributed by atoms with E-state index in [0.717, 1.165) is 17.0 Å². The van der Waals surface area contributed by atoms with Crippen LogP contribution in [0.5, 0.6) is 0 Å². The number of alkyl halides is 1. The molecule has 1 aliphatic carbocycles. The summed E-state index contributed by atoms with van der Waals surface area (Å²) in [6.45, 7) is 2.34. The minimum absolute atomic E-state index is 0.134. The van der Waals surface area contributed by atoms with Gasteiger partial charge in [0.15, 0.2) is 0 Å². The predicted octanol–water partition coefficient (Wildman–Crippen LogP) is 4.12. The Morgan fingerprint density at radius 1 is 1.16 bits per heavy atom. The number of halogens is 1. The van der Waals surface area contributed by atoms with Gasteiger partial charge in [-0.05, 0) is 42.4 Å². The van der Waals surface area contributed by atoms with Crippen molar-refractivity contribution in [1.82, 2.24) is 9.97 Å². The molecule has 1 fully saturated rings. The third kappa shape index (κ3) is 2.64. The van der Waals surface area contributed by atoms with E-state index < -0.39 is 0 Å². The Balaban J connectivity index is 1.84. The summed E-state index contributed by atoms with van der Waals surface area (Å²) in [7, 11) is 0. The van der Waals surface area contributed by atoms with E-state index in [4.69, 9.17) is 0 Å². The second-order valence-electron chi connectivity index (χ2n) is 5.81. The monoisotopic (exact) mass is 322 g/mol. The summed E-state index contributed by atoms with van der Waals surface area (Å²) in [5.41, 5.74) is 2.91. The molecule has 1 aromatic carbocycles. The van der Waals surface area contributed by atoms with E-state index in [-0.39, 0.29) is 5.69 Å². The van der Waals surface area contributed by atoms with Gasteiger partial charge in [-0.15, -0.1) is 0 Å². The van der Waals surface area contributed by atoms with E-state index in [1.165, 1.54) is 31.2 Å². The van der Waals surface area contributed by atoms with Crippen molar-refractivity contribution in [3.8, 4) is 0 Å². The van der Waals surface area contributed by atoms with Gasteiger partial charge in [0, 0.05) is 4.83 Å². The highest BCUT2D eigenvalue weighted by Gasteiger charge is 2.25. The summed E-state index contributed by atoms with van der Waals surface area (Å²) < 4.78 is 0. The Kier molecular flexibility index (Phi) is 3.52. The van der Waals surface area contributed by atoms with Crippen LogP contribution < -0.4 is 5.69 Å². The number of imidazole rings is 1. The fraction of sp³-hybridized carbons (Fsp3) is 0.533. The molecule has 0 aliphatic heterocycles. The quantitative estimate of drug-likeness (QED) is 0.803. The lowest BCUT2D eigenvalue weighted by Gasteiger charge is -2.30. The topological polar surface area (TPSA) is 48.6 Å². The number of rotatable bonds is 2. The van der Waals surface area contributed by atoms with E-state index >= 15 is 0 Å². The normalized spacial score (nSPS) is 25.6. The average molecular weight is 323 g/mol. The minimum Gasteiger partial charge on any atom is -0.306 e. The van der Waals surface area contributed by atoms with Crippen molar-refractivity contribution in [2.75, 3.05) is 0 Å². The van der Waals surface area contributed by atoms with Gasteiger partial charge >= 0.3 is 5.69 Å². The Bertz CT molecular complexity index is 622. The van der Waals surface area contributed by atoms with E-state index in [2.05, 4.69) is 45.0 Å². The molecule has 0 spiro atoms. The maximum Gasteiger partial charge on any atom is 0.323 e. The highest BCUT2D eigenvalue weighted by molar-refractivity contribution is 9.09. The van der Waals surface area contributed by atoms with Crippen LogP contribution in [0.3, 0.4) is 0 Å². The molecular formula is C15H19BrN2O. The summed E-state index contributed by atoms with van der Waals surface area (Å²) in [6, 6.07) is 6.19. The van der Waals surface area contributed by atoms with Crippen LogP contribution in [0, 0.1) is 11.8 Å². The first kappa shape index (κ1) is 13.0. The molecule has 0 radical (unpaired) electrons. The fourth-order valence-electron chi connectivity index (χ4n) is 3.07. The SMILES string of the molecule is CC1CCC(C(Br)c2ccc3[nH]c(=O)[nH]c3c2)CC1. The molecule has 3 nitrogen and oxygen atoms in total. The molecule has 3 rings (SSSR count). The Morgan fingerprint density at radius 3 is 2.58 bits per heavy atom. The van der Waals surface area contributed by atoms with Crippen molar-refractivity contribution in [1.29, 1.82) is 0 Å². The van der Waals surface area contributed by atoms with Gasteiger partial charge in [-0.25, -0.2) is 4.79 Å². The molecule has 1 unspecified atom stereocenters. The summed E-state index contributed by atoms with van der Waals surface area (Å²) in [5.74, 6) is 1.58. The molecule has 19 heavy (non-hydrogen) atoms. The molecule has 0 bridgehead atoms. The maximum absolute atomic E-state index is 11.3. The molecule has 1 heterocycles. The van der Waals surface area contributed by atoms with Crippen molar-refractivity contribution >= 4 is 27.0 Å². The molecule has 2 aromatic rings. The van der Waals surface area contributed by atoms with Gasteiger partial charge in [0.25, 0.3) is 0 Å². The Labute approximate surface area is 120 Å². The van der Waals surface area contributed by atoms with Crippen molar-refractivity contribution in [2.45, 2.75) is 37.4 Å². The first-order valence-corrected chi connectivity index (χ1v) is 7.91. The van der Waals surface area contributed by atoms with Crippen molar-refractivity contribution < 1.29 is 0 Å². The Morgan fingerprint density at radius 2 is 1.84 bits per heavy atom. The smallest absolute Gasteiger partial charge is 0.306 e. The van der Waals surface area contributed by atoms with Gasteiger partial charge in [-0.1, -0.05) is 41.8 Å². The van der Waals surface area contributed by atoms with Crippen LogP contribution in [0.15, 0.2) is 23.0 Å². The zero-order chi connectivity index (χ0) is 13.4. The molecule has 1 aromatic heterocycles. The van der Waals surface area contributed by atoms with E-state index in [1.54, 1.807) is 0 Å². The van der Waals surface area contributed by atoms with Crippen LogP contribution in [0.1, 0.15) is 43.0 Å². The molecule has 0 saturated heterocycles. The number of hydrogen-bond acceptors (Lipinski definition) is 1. The first-order valence-electron chi connectivity index (χ1n) is 6.99. The van der Waals surface area contributed by atoms with Gasteiger partial charge in [0.05, 0.1) is 11.0 Å². The fourth-order valence-corrected chi connectivity index (χ4v) is 3.89. The van der Waals surface area contributed by atoms with Crippen LogP contribution >= 0.6 is 15.9 Å². The van der Waals surface area contributed by atoms with E-state index in [1.807, 2.05) is 6.07 Å². The molecule has 102 valence electrons. The lowest BCUT2D eigenvalue weighted by atomic mass is 9.80. The zero-order valence-electron chi connectivity index (χ0n) is 11.1. The molecule has 1 aliphatic rings. The molecule has 0 amide bonds. The van der Waals surface area contributed by atoms with Gasteiger partial charge in [0.2, 0.25) is 0 Å². The maximum atomic E-state index is 11.3. The average Bonchev–Trinajstić information content (AvgIpc) is 2.77. The minimum atomic E-state index is -0.134. The van der Waals surface area contributed by atoms with Crippen molar-refractivity contribution in [3.63, 3.8) is 0 Å². The van der Waals surface area contributed by atoms with Crippen molar-refractivity contribution in [2.24, 2.45) is 11.8 Å². The van der Waals surface area contributed by atoms with Gasteiger partial charge in [0.1, 0.15) is 0 Å². The number of aromatic amines is 2. The largest absolute Gasteiger partial charge is 0.323 e. The van der Waals surface area contributed by atoms with Crippen LogP contribution in [0.25, 0.3) is 11.0 Å². The van der Waals surface area contributed by atoms with Crippen LogP contribution in [0.2, 0.25) is 0 Å². The molecule has 1 atom stereocenters. The van der Waals surface area contributed by atoms with Crippen molar-refractivity contribution in [3.05, 3.63) is 34.2 Å². The van der Waals surface area contributed by atoms with E-state index in [9.17, 15) is 4.79 Å². The second kappa shape index (κ2) is 5.16. The molecular weight excluding hydrogens is 304 g/mol. The van der Waals surface area contributed by atoms with Gasteiger partial charge < -0.3 is 9.97 Å². The number of H-pyrrole nitrogens is 2. The van der Waals surface area contributed by atoms with Crippen LogP contribution in [-0.4, -0.2) is 9.97 Å². The van der Waals surface area contributed by atoms with Gasteiger partial charge in [-0.2, -0.15) is 0 Å². The summed E-state index contributed by atoms with van der Waals surface area (Å²) in [4.78, 5) is 17.3. The standard InChI is InChI=1S/C15H19BrN2O/c1-9-2-4-10(5-3-9)14(16)11-6-7-12-13(8-11)18-15(19)17-12/h6-10,14H,2-5H2,1H3,(H2,17,18,19). The number of aromatic nitrogens is 2.